The highest BCUT2D eigenvalue weighted by atomic mass is 35.5. The topological polar surface area (TPSA) is 124 Å². The number of carbonyl (C=O) groups is 1. The van der Waals surface area contributed by atoms with Gasteiger partial charge in [0.15, 0.2) is 5.69 Å². The summed E-state index contributed by atoms with van der Waals surface area (Å²) in [6.45, 7) is 7.32. The zero-order valence-corrected chi connectivity index (χ0v) is 23.8. The largest absolute Gasteiger partial charge is 0.377 e. The highest BCUT2D eigenvalue weighted by molar-refractivity contribution is 6.29. The first-order valence-electron chi connectivity index (χ1n) is 13.3. The molecule has 1 aliphatic heterocycles. The zero-order chi connectivity index (χ0) is 28.9. The smallest absolute Gasteiger partial charge is 0.269 e. The Labute approximate surface area is 236 Å². The zero-order valence-electron chi connectivity index (χ0n) is 23.0. The number of nitrogens with zero attached hydrogens (tertiary/aromatic N) is 6. The van der Waals surface area contributed by atoms with Gasteiger partial charge in [-0.3, -0.25) is 18.8 Å². The van der Waals surface area contributed by atoms with Crippen LogP contribution in [0, 0.1) is 17.7 Å². The molecule has 1 saturated heterocycles. The molecule has 2 fully saturated rings. The first-order chi connectivity index (χ1) is 19.1. The number of aryl methyl sites for hydroxylation is 1. The summed E-state index contributed by atoms with van der Waals surface area (Å²) in [5.41, 5.74) is 7.43. The number of carbonyl (C=O) groups excluding carboxylic acids is 1. The molecule has 0 bridgehead atoms. The minimum Gasteiger partial charge on any atom is -0.377 e. The van der Waals surface area contributed by atoms with E-state index < -0.39 is 17.8 Å². The molecular formula is C28H32ClFN8O2. The minimum atomic E-state index is -0.753. The van der Waals surface area contributed by atoms with Crippen molar-refractivity contribution in [3.8, 4) is 0 Å². The fourth-order valence-electron chi connectivity index (χ4n) is 5.76. The number of hydrogen-bond donors (Lipinski definition) is 2. The molecule has 3 N–H and O–H groups in total. The maximum Gasteiger partial charge on any atom is 0.269 e. The van der Waals surface area contributed by atoms with Crippen molar-refractivity contribution in [2.75, 3.05) is 23.3 Å². The van der Waals surface area contributed by atoms with Crippen LogP contribution in [0.5, 0.6) is 0 Å². The lowest BCUT2D eigenvalue weighted by atomic mass is 10.0. The van der Waals surface area contributed by atoms with E-state index in [-0.39, 0.29) is 21.8 Å². The fourth-order valence-corrected chi connectivity index (χ4v) is 5.90. The molecule has 10 nitrogen and oxygen atoms in total. The molecule has 3 aromatic heterocycles. The van der Waals surface area contributed by atoms with Gasteiger partial charge in [-0.1, -0.05) is 25.4 Å². The summed E-state index contributed by atoms with van der Waals surface area (Å²) in [5, 5.41) is 8.03. The molecule has 2 aliphatic rings. The van der Waals surface area contributed by atoms with Gasteiger partial charge in [-0.05, 0) is 49.1 Å². The number of benzene rings is 1. The van der Waals surface area contributed by atoms with Gasteiger partial charge in [-0.2, -0.15) is 5.10 Å². The predicted octanol–water partition coefficient (Wildman–Crippen LogP) is 4.00. The van der Waals surface area contributed by atoms with E-state index in [2.05, 4.69) is 26.4 Å². The van der Waals surface area contributed by atoms with E-state index in [0.29, 0.717) is 40.5 Å². The normalized spacial score (nSPS) is 20.1. The van der Waals surface area contributed by atoms with Crippen LogP contribution in [-0.4, -0.2) is 43.3 Å². The van der Waals surface area contributed by atoms with Gasteiger partial charge < -0.3 is 16.0 Å². The number of pyridine rings is 1. The van der Waals surface area contributed by atoms with E-state index in [0.717, 1.165) is 18.8 Å². The number of piperidine rings is 1. The number of aromatic nitrogens is 5. The lowest BCUT2D eigenvalue weighted by molar-refractivity contribution is 0.0996. The minimum absolute atomic E-state index is 0.0339. The van der Waals surface area contributed by atoms with Crippen molar-refractivity contribution >= 4 is 40.0 Å². The van der Waals surface area contributed by atoms with Crippen LogP contribution in [0.4, 0.5) is 16.0 Å². The summed E-state index contributed by atoms with van der Waals surface area (Å²) in [6, 6.07) is 7.19. The van der Waals surface area contributed by atoms with Crippen LogP contribution in [0.25, 0.3) is 10.9 Å². The number of fused-ring (bicyclic) bond motifs is 2. The van der Waals surface area contributed by atoms with Crippen LogP contribution in [0.3, 0.4) is 0 Å². The molecule has 40 heavy (non-hydrogen) atoms. The molecule has 210 valence electrons. The van der Waals surface area contributed by atoms with Crippen molar-refractivity contribution in [1.29, 1.82) is 0 Å². The Kier molecular flexibility index (Phi) is 7.26. The molecule has 1 amide bonds. The van der Waals surface area contributed by atoms with Crippen molar-refractivity contribution in [1.82, 2.24) is 24.3 Å². The third-order valence-electron chi connectivity index (χ3n) is 7.64. The highest BCUT2D eigenvalue weighted by Gasteiger charge is 2.57. The summed E-state index contributed by atoms with van der Waals surface area (Å²) in [5.74, 6) is 0.563. The Morgan fingerprint density at radius 2 is 1.85 bits per heavy atom. The van der Waals surface area contributed by atoms with Gasteiger partial charge in [-0.15, -0.1) is 0 Å². The third kappa shape index (κ3) is 4.78. The number of amides is 1. The summed E-state index contributed by atoms with van der Waals surface area (Å²) in [4.78, 5) is 36.3. The van der Waals surface area contributed by atoms with E-state index in [9.17, 15) is 14.0 Å². The summed E-state index contributed by atoms with van der Waals surface area (Å²) in [6.07, 6.45) is 1.96. The maximum absolute atomic E-state index is 14.7. The van der Waals surface area contributed by atoms with E-state index in [4.69, 9.17) is 22.3 Å². The summed E-state index contributed by atoms with van der Waals surface area (Å²) < 4.78 is 18.0. The van der Waals surface area contributed by atoms with Gasteiger partial charge in [0, 0.05) is 44.9 Å². The van der Waals surface area contributed by atoms with Crippen molar-refractivity contribution in [3.05, 3.63) is 74.8 Å². The Bertz CT molecular complexity index is 1660. The molecule has 0 spiro atoms. The van der Waals surface area contributed by atoms with Crippen LogP contribution in [-0.2, 0) is 14.1 Å². The highest BCUT2D eigenvalue weighted by Crippen LogP contribution is 2.58. The number of halogens is 2. The van der Waals surface area contributed by atoms with Crippen LogP contribution < -0.4 is 21.5 Å². The second kappa shape index (κ2) is 10.5. The van der Waals surface area contributed by atoms with Crippen LogP contribution >= 0.6 is 11.6 Å². The maximum atomic E-state index is 14.7. The van der Waals surface area contributed by atoms with Gasteiger partial charge in [-0.25, -0.2) is 14.4 Å². The Morgan fingerprint density at radius 3 is 2.48 bits per heavy atom. The average molecular weight is 567 g/mol. The first kappa shape index (κ1) is 27.6. The molecular weight excluding hydrogens is 535 g/mol. The number of anilines is 2. The lowest BCUT2D eigenvalue weighted by Gasteiger charge is -2.24. The molecule has 3 atom stereocenters. The van der Waals surface area contributed by atoms with Crippen molar-refractivity contribution in [2.24, 2.45) is 31.7 Å². The fraction of sp³-hybridized carbons (Fsp3) is 0.393. The van der Waals surface area contributed by atoms with Crippen molar-refractivity contribution in [3.63, 3.8) is 0 Å². The van der Waals surface area contributed by atoms with Crippen LogP contribution in [0.1, 0.15) is 54.5 Å². The Morgan fingerprint density at radius 1 is 1.15 bits per heavy atom. The van der Waals surface area contributed by atoms with Crippen LogP contribution in [0.15, 0.2) is 41.3 Å². The lowest BCUT2D eigenvalue weighted by Crippen LogP contribution is -2.32. The number of rotatable bonds is 6. The van der Waals surface area contributed by atoms with Gasteiger partial charge in [0.2, 0.25) is 5.95 Å². The van der Waals surface area contributed by atoms with Gasteiger partial charge in [0.25, 0.3) is 11.5 Å². The van der Waals surface area contributed by atoms with Crippen molar-refractivity contribution < 1.29 is 9.18 Å². The molecule has 1 aromatic carbocycles. The average Bonchev–Trinajstić information content (AvgIpc) is 3.22. The van der Waals surface area contributed by atoms with E-state index in [1.165, 1.54) is 22.8 Å². The predicted molar refractivity (Wildman–Crippen MR) is 153 cm³/mol. The SMILES string of the molecule is CC.CC(Nc1ccc(Cl)nc1C(N)=O)c1cc(F)cc2c(=O)n(C)c(N3CC4C(C3)C4c3ccn(C)n3)nc12. The number of nitrogens with two attached hydrogens (primary N) is 1. The number of hydrogen-bond acceptors (Lipinski definition) is 7. The van der Waals surface area contributed by atoms with Crippen molar-refractivity contribution in [2.45, 2.75) is 32.7 Å². The monoisotopic (exact) mass is 566 g/mol. The molecule has 4 heterocycles. The van der Waals surface area contributed by atoms with Gasteiger partial charge in [0.05, 0.1) is 28.3 Å². The second-order valence-electron chi connectivity index (χ2n) is 10.1. The Balaban J connectivity index is 0.00000158. The summed E-state index contributed by atoms with van der Waals surface area (Å²) in [7, 11) is 3.58. The van der Waals surface area contributed by atoms with E-state index in [1.54, 1.807) is 20.0 Å². The molecule has 3 unspecified atom stereocenters. The third-order valence-corrected chi connectivity index (χ3v) is 7.85. The van der Waals surface area contributed by atoms with Gasteiger partial charge in [0.1, 0.15) is 11.0 Å². The molecule has 0 radical (unpaired) electrons. The second-order valence-corrected chi connectivity index (χ2v) is 10.5. The molecule has 1 saturated carbocycles. The molecule has 4 aromatic rings. The molecule has 12 heteroatoms. The number of nitrogens with one attached hydrogen (secondary N) is 1. The summed E-state index contributed by atoms with van der Waals surface area (Å²) >= 11 is 5.93. The number of primary amides is 1. The van der Waals surface area contributed by atoms with Gasteiger partial charge >= 0.3 is 0 Å². The van der Waals surface area contributed by atoms with Crippen LogP contribution in [0.2, 0.25) is 5.15 Å². The van der Waals surface area contributed by atoms with E-state index >= 15 is 0 Å². The first-order valence-corrected chi connectivity index (χ1v) is 13.7. The quantitative estimate of drug-likeness (QED) is 0.338. The molecule has 6 rings (SSSR count). The van der Waals surface area contributed by atoms with E-state index in [1.807, 2.05) is 31.8 Å². The Hall–Kier alpha value is -3.99. The molecule has 1 aliphatic carbocycles. The standard InChI is InChI=1S/C26H26ClFN8O2.C2H6/c1-12(30-19-4-5-20(27)31-23(19)24(29)37)14-8-13(28)9-15-22(14)32-26(35(3)25(15)38)36-10-16-17(11-36)21(16)18-6-7-34(2)33-18;1-2/h4-9,12,16-17,21,30H,10-11H2,1-3H3,(H2,29,37);1-2H3.